The van der Waals surface area contributed by atoms with Crippen molar-refractivity contribution in [3.8, 4) is 11.3 Å². The van der Waals surface area contributed by atoms with E-state index in [-0.39, 0.29) is 12.3 Å². The van der Waals surface area contributed by atoms with E-state index in [1.807, 2.05) is 36.4 Å². The molecule has 0 aliphatic rings. The van der Waals surface area contributed by atoms with Gasteiger partial charge in [-0.05, 0) is 5.56 Å². The largest absolute Gasteiger partial charge is 0.441 e. The minimum Gasteiger partial charge on any atom is -0.441 e. The lowest BCUT2D eigenvalue weighted by atomic mass is 10.1. The summed E-state index contributed by atoms with van der Waals surface area (Å²) in [5.74, 6) is 0.221. The van der Waals surface area contributed by atoms with E-state index >= 15 is 0 Å². The number of carbonyl (C=O) groups excluding carboxylic acids is 2. The fourth-order valence-electron chi connectivity index (χ4n) is 2.58. The monoisotopic (exact) mass is 349 g/mol. The Bertz CT molecular complexity index is 876. The third kappa shape index (κ3) is 4.36. The SMILES string of the molecule is NC(=O)C(NC(=O)CCc1ncc(-c2ccccc2)o1)c1ccccc1. The van der Waals surface area contributed by atoms with Gasteiger partial charge < -0.3 is 15.5 Å². The smallest absolute Gasteiger partial charge is 0.244 e. The van der Waals surface area contributed by atoms with Crippen LogP contribution < -0.4 is 11.1 Å². The molecule has 1 unspecified atom stereocenters. The molecule has 0 aliphatic heterocycles. The van der Waals surface area contributed by atoms with E-state index in [2.05, 4.69) is 10.3 Å². The Balaban J connectivity index is 1.59. The molecule has 0 fully saturated rings. The number of aromatic nitrogens is 1. The van der Waals surface area contributed by atoms with E-state index in [1.165, 1.54) is 0 Å². The van der Waals surface area contributed by atoms with Gasteiger partial charge in [-0.2, -0.15) is 0 Å². The fraction of sp³-hybridized carbons (Fsp3) is 0.150. The number of nitrogens with zero attached hydrogens (tertiary/aromatic N) is 1. The Kier molecular flexibility index (Phi) is 5.43. The van der Waals surface area contributed by atoms with Gasteiger partial charge in [0.15, 0.2) is 11.7 Å². The lowest BCUT2D eigenvalue weighted by molar-refractivity contribution is -0.127. The highest BCUT2D eigenvalue weighted by Gasteiger charge is 2.20. The van der Waals surface area contributed by atoms with Crippen LogP contribution >= 0.6 is 0 Å². The lowest BCUT2D eigenvalue weighted by Crippen LogP contribution is -2.37. The predicted octanol–water partition coefficient (Wildman–Crippen LogP) is 2.62. The maximum absolute atomic E-state index is 12.2. The van der Waals surface area contributed by atoms with Crippen molar-refractivity contribution in [2.45, 2.75) is 18.9 Å². The predicted molar refractivity (Wildman–Crippen MR) is 96.8 cm³/mol. The normalized spacial score (nSPS) is 11.7. The van der Waals surface area contributed by atoms with Crippen LogP contribution in [0.1, 0.15) is 23.9 Å². The highest BCUT2D eigenvalue weighted by atomic mass is 16.4. The third-order valence-corrected chi connectivity index (χ3v) is 3.90. The molecule has 132 valence electrons. The van der Waals surface area contributed by atoms with Crippen molar-refractivity contribution in [3.63, 3.8) is 0 Å². The molecule has 6 heteroatoms. The molecule has 26 heavy (non-hydrogen) atoms. The number of carbonyl (C=O) groups is 2. The molecule has 6 nitrogen and oxygen atoms in total. The number of rotatable bonds is 7. The molecule has 1 atom stereocenters. The second-order valence-electron chi connectivity index (χ2n) is 5.80. The first-order valence-corrected chi connectivity index (χ1v) is 8.27. The summed E-state index contributed by atoms with van der Waals surface area (Å²) in [7, 11) is 0. The summed E-state index contributed by atoms with van der Waals surface area (Å²) in [6.07, 6.45) is 2.11. The van der Waals surface area contributed by atoms with Crippen molar-refractivity contribution in [2.24, 2.45) is 5.73 Å². The minimum absolute atomic E-state index is 0.144. The van der Waals surface area contributed by atoms with Crippen molar-refractivity contribution in [1.82, 2.24) is 10.3 Å². The summed E-state index contributed by atoms with van der Waals surface area (Å²) >= 11 is 0. The molecule has 0 radical (unpaired) electrons. The van der Waals surface area contributed by atoms with Crippen LogP contribution in [-0.4, -0.2) is 16.8 Å². The summed E-state index contributed by atoms with van der Waals surface area (Å²) < 4.78 is 5.67. The number of primary amides is 1. The number of amides is 2. The zero-order valence-electron chi connectivity index (χ0n) is 14.1. The molecular formula is C20H19N3O3. The van der Waals surface area contributed by atoms with E-state index < -0.39 is 11.9 Å². The average molecular weight is 349 g/mol. The van der Waals surface area contributed by atoms with Crippen LogP contribution in [0.15, 0.2) is 71.3 Å². The van der Waals surface area contributed by atoms with E-state index in [0.29, 0.717) is 23.6 Å². The topological polar surface area (TPSA) is 98.2 Å². The molecule has 0 bridgehead atoms. The molecule has 2 amide bonds. The lowest BCUT2D eigenvalue weighted by Gasteiger charge is -2.15. The molecule has 1 heterocycles. The third-order valence-electron chi connectivity index (χ3n) is 3.90. The van der Waals surface area contributed by atoms with Gasteiger partial charge in [0.25, 0.3) is 0 Å². The number of hydrogen-bond donors (Lipinski definition) is 2. The number of oxazole rings is 1. The molecule has 3 N–H and O–H groups in total. The van der Waals surface area contributed by atoms with Crippen LogP contribution in [0, 0.1) is 0 Å². The van der Waals surface area contributed by atoms with Gasteiger partial charge in [0.05, 0.1) is 6.20 Å². The van der Waals surface area contributed by atoms with Crippen LogP contribution in [-0.2, 0) is 16.0 Å². The van der Waals surface area contributed by atoms with E-state index in [4.69, 9.17) is 10.2 Å². The van der Waals surface area contributed by atoms with Crippen molar-refractivity contribution in [1.29, 1.82) is 0 Å². The number of nitrogens with one attached hydrogen (secondary N) is 1. The van der Waals surface area contributed by atoms with Crippen molar-refractivity contribution < 1.29 is 14.0 Å². The first-order valence-electron chi connectivity index (χ1n) is 8.27. The summed E-state index contributed by atoms with van der Waals surface area (Å²) in [6, 6.07) is 17.6. The van der Waals surface area contributed by atoms with Gasteiger partial charge in [0.1, 0.15) is 6.04 Å². The second kappa shape index (κ2) is 8.11. The number of nitrogens with two attached hydrogens (primary N) is 1. The molecular weight excluding hydrogens is 330 g/mol. The number of hydrogen-bond acceptors (Lipinski definition) is 4. The van der Waals surface area contributed by atoms with E-state index in [1.54, 1.807) is 30.5 Å². The number of aryl methyl sites for hydroxylation is 1. The molecule has 0 spiro atoms. The van der Waals surface area contributed by atoms with Crippen molar-refractivity contribution in [2.75, 3.05) is 0 Å². The maximum atomic E-state index is 12.2. The van der Waals surface area contributed by atoms with Gasteiger partial charge in [-0.1, -0.05) is 60.7 Å². The summed E-state index contributed by atoms with van der Waals surface area (Å²) in [4.78, 5) is 28.0. The Morgan fingerprint density at radius 3 is 2.35 bits per heavy atom. The second-order valence-corrected chi connectivity index (χ2v) is 5.80. The van der Waals surface area contributed by atoms with Crippen molar-refractivity contribution in [3.05, 3.63) is 78.3 Å². The van der Waals surface area contributed by atoms with Crippen LogP contribution in [0.2, 0.25) is 0 Å². The summed E-state index contributed by atoms with van der Waals surface area (Å²) in [5, 5.41) is 2.66. The fourth-order valence-corrected chi connectivity index (χ4v) is 2.58. The standard InChI is InChI=1S/C20H19N3O3/c21-20(25)19(15-9-5-2-6-10-15)23-17(24)11-12-18-22-13-16(26-18)14-7-3-1-4-8-14/h1-10,13,19H,11-12H2,(H2,21,25)(H,23,24). The van der Waals surface area contributed by atoms with Crippen LogP contribution in [0.4, 0.5) is 0 Å². The Hall–Kier alpha value is -3.41. The van der Waals surface area contributed by atoms with E-state index in [9.17, 15) is 9.59 Å². The molecule has 3 rings (SSSR count). The van der Waals surface area contributed by atoms with Crippen LogP contribution in [0.3, 0.4) is 0 Å². The van der Waals surface area contributed by atoms with Gasteiger partial charge >= 0.3 is 0 Å². The zero-order valence-corrected chi connectivity index (χ0v) is 14.1. The Morgan fingerprint density at radius 2 is 1.69 bits per heavy atom. The first-order chi connectivity index (χ1) is 12.6. The molecule has 1 aromatic heterocycles. The van der Waals surface area contributed by atoms with Crippen LogP contribution in [0.25, 0.3) is 11.3 Å². The summed E-state index contributed by atoms with van der Waals surface area (Å²) in [6.45, 7) is 0. The van der Waals surface area contributed by atoms with Crippen molar-refractivity contribution >= 4 is 11.8 Å². The summed E-state index contributed by atoms with van der Waals surface area (Å²) in [5.41, 5.74) is 6.98. The highest BCUT2D eigenvalue weighted by Crippen LogP contribution is 2.20. The van der Waals surface area contributed by atoms with Gasteiger partial charge in [0, 0.05) is 18.4 Å². The minimum atomic E-state index is -0.854. The average Bonchev–Trinajstić information content (AvgIpc) is 3.15. The molecule has 2 aromatic carbocycles. The van der Waals surface area contributed by atoms with Crippen LogP contribution in [0.5, 0.6) is 0 Å². The maximum Gasteiger partial charge on any atom is 0.244 e. The van der Waals surface area contributed by atoms with Gasteiger partial charge in [-0.15, -0.1) is 0 Å². The molecule has 0 aliphatic carbocycles. The molecule has 0 saturated carbocycles. The van der Waals surface area contributed by atoms with Gasteiger partial charge in [0.2, 0.25) is 11.8 Å². The van der Waals surface area contributed by atoms with E-state index in [0.717, 1.165) is 5.56 Å². The first kappa shape index (κ1) is 17.4. The quantitative estimate of drug-likeness (QED) is 0.685. The zero-order chi connectivity index (χ0) is 18.4. The Labute approximate surface area is 151 Å². The van der Waals surface area contributed by atoms with Gasteiger partial charge in [-0.3, -0.25) is 9.59 Å². The number of benzene rings is 2. The molecule has 0 saturated heterocycles. The van der Waals surface area contributed by atoms with Gasteiger partial charge in [-0.25, -0.2) is 4.98 Å². The Morgan fingerprint density at radius 1 is 1.04 bits per heavy atom. The molecule has 3 aromatic rings. The highest BCUT2D eigenvalue weighted by molar-refractivity contribution is 5.87.